The molecule has 1 saturated heterocycles. The largest absolute Gasteiger partial charge is 0.394 e. The van der Waals surface area contributed by atoms with Crippen LogP contribution in [-0.2, 0) is 24.1 Å². The molecule has 1 fully saturated rings. The molecule has 24 heavy (non-hydrogen) atoms. The number of nitrogens with zero attached hydrogens (tertiary/aromatic N) is 3. The van der Waals surface area contributed by atoms with Gasteiger partial charge < -0.3 is 15.6 Å². The third kappa shape index (κ3) is 2.90. The van der Waals surface area contributed by atoms with E-state index in [1.807, 2.05) is 0 Å². The lowest BCUT2D eigenvalue weighted by Crippen LogP contribution is -2.49. The van der Waals surface area contributed by atoms with Crippen LogP contribution in [0.25, 0.3) is 10.2 Å². The second kappa shape index (κ2) is 6.55. The highest BCUT2D eigenvalue weighted by Crippen LogP contribution is 2.37. The highest BCUT2D eigenvalue weighted by Gasteiger charge is 2.27. The molecule has 0 amide bonds. The summed E-state index contributed by atoms with van der Waals surface area (Å²) in [5.41, 5.74) is 7.67. The first kappa shape index (κ1) is 16.2. The fourth-order valence-corrected chi connectivity index (χ4v) is 4.98. The SMILES string of the molecule is CC1COC(CO)CN1Cc1nc(N)c2c3c(sc2n1)CCCC3. The molecule has 1 aliphatic heterocycles. The maximum Gasteiger partial charge on any atom is 0.146 e. The van der Waals surface area contributed by atoms with Crippen LogP contribution in [0.3, 0.4) is 0 Å². The number of hydrogen-bond acceptors (Lipinski definition) is 7. The molecule has 0 bridgehead atoms. The highest BCUT2D eigenvalue weighted by molar-refractivity contribution is 7.19. The van der Waals surface area contributed by atoms with Crippen molar-refractivity contribution in [2.24, 2.45) is 0 Å². The van der Waals surface area contributed by atoms with E-state index in [1.165, 1.54) is 23.3 Å². The van der Waals surface area contributed by atoms with Crippen LogP contribution >= 0.6 is 11.3 Å². The molecule has 3 N–H and O–H groups in total. The molecule has 2 atom stereocenters. The fourth-order valence-electron chi connectivity index (χ4n) is 3.69. The summed E-state index contributed by atoms with van der Waals surface area (Å²) in [4.78, 5) is 14.1. The summed E-state index contributed by atoms with van der Waals surface area (Å²) >= 11 is 1.78. The Morgan fingerprint density at radius 2 is 2.17 bits per heavy atom. The van der Waals surface area contributed by atoms with Gasteiger partial charge in [0.05, 0.1) is 31.2 Å². The number of ether oxygens (including phenoxy) is 1. The zero-order chi connectivity index (χ0) is 16.7. The van der Waals surface area contributed by atoms with Gasteiger partial charge in [0.25, 0.3) is 0 Å². The van der Waals surface area contributed by atoms with Gasteiger partial charge in [-0.3, -0.25) is 4.90 Å². The number of hydrogen-bond donors (Lipinski definition) is 2. The minimum absolute atomic E-state index is 0.0445. The van der Waals surface area contributed by atoms with Crippen LogP contribution in [-0.4, -0.2) is 51.9 Å². The Morgan fingerprint density at radius 1 is 1.33 bits per heavy atom. The standard InChI is InChI=1S/C17H24N4O2S/c1-10-9-23-11(8-22)6-21(10)7-14-19-16(18)15-12-4-2-3-5-13(12)24-17(15)20-14/h10-11,22H,2-9H2,1H3,(H2,18,19,20). The minimum Gasteiger partial charge on any atom is -0.394 e. The molecular formula is C17H24N4O2S. The summed E-state index contributed by atoms with van der Waals surface area (Å²) in [5.74, 6) is 1.39. The van der Waals surface area contributed by atoms with Crippen LogP contribution in [0.15, 0.2) is 0 Å². The van der Waals surface area contributed by atoms with Crippen molar-refractivity contribution in [1.82, 2.24) is 14.9 Å². The van der Waals surface area contributed by atoms with Gasteiger partial charge in [-0.15, -0.1) is 11.3 Å². The maximum absolute atomic E-state index is 9.34. The molecule has 130 valence electrons. The Bertz CT molecular complexity index is 748. The van der Waals surface area contributed by atoms with Gasteiger partial charge in [0.15, 0.2) is 0 Å². The zero-order valence-corrected chi connectivity index (χ0v) is 14.8. The predicted octanol–water partition coefficient (Wildman–Crippen LogP) is 1.73. The maximum atomic E-state index is 9.34. The molecule has 2 aromatic rings. The number of aliphatic hydroxyl groups excluding tert-OH is 1. The van der Waals surface area contributed by atoms with E-state index < -0.39 is 0 Å². The van der Waals surface area contributed by atoms with E-state index in [1.54, 1.807) is 11.3 Å². The summed E-state index contributed by atoms with van der Waals surface area (Å²) in [6.07, 6.45) is 4.60. The molecule has 1 aliphatic carbocycles. The van der Waals surface area contributed by atoms with Crippen LogP contribution in [0.5, 0.6) is 0 Å². The molecule has 7 heteroatoms. The molecule has 0 radical (unpaired) electrons. The first-order chi connectivity index (χ1) is 11.7. The van der Waals surface area contributed by atoms with E-state index in [4.69, 9.17) is 15.5 Å². The first-order valence-electron chi connectivity index (χ1n) is 8.69. The van der Waals surface area contributed by atoms with E-state index in [2.05, 4.69) is 16.8 Å². The lowest BCUT2D eigenvalue weighted by atomic mass is 9.97. The molecule has 4 rings (SSSR count). The van der Waals surface area contributed by atoms with Gasteiger partial charge in [0.1, 0.15) is 16.5 Å². The monoisotopic (exact) mass is 348 g/mol. The van der Waals surface area contributed by atoms with Crippen molar-refractivity contribution in [1.29, 1.82) is 0 Å². The van der Waals surface area contributed by atoms with Crippen LogP contribution in [0, 0.1) is 0 Å². The van der Waals surface area contributed by atoms with Crippen LogP contribution < -0.4 is 5.73 Å². The summed E-state index contributed by atoms with van der Waals surface area (Å²) in [7, 11) is 0. The highest BCUT2D eigenvalue weighted by atomic mass is 32.1. The number of aryl methyl sites for hydroxylation is 2. The third-order valence-corrected chi connectivity index (χ3v) is 6.26. The summed E-state index contributed by atoms with van der Waals surface area (Å²) in [6.45, 7) is 4.13. The quantitative estimate of drug-likeness (QED) is 0.879. The third-order valence-electron chi connectivity index (χ3n) is 5.07. The van der Waals surface area contributed by atoms with Crippen molar-refractivity contribution in [3.05, 3.63) is 16.3 Å². The van der Waals surface area contributed by atoms with E-state index in [-0.39, 0.29) is 18.8 Å². The second-order valence-electron chi connectivity index (χ2n) is 6.83. The summed E-state index contributed by atoms with van der Waals surface area (Å²) in [5, 5.41) is 10.4. The van der Waals surface area contributed by atoms with Gasteiger partial charge >= 0.3 is 0 Å². The molecule has 2 aromatic heterocycles. The fraction of sp³-hybridized carbons (Fsp3) is 0.647. The molecule has 0 aromatic carbocycles. The van der Waals surface area contributed by atoms with E-state index >= 15 is 0 Å². The van der Waals surface area contributed by atoms with E-state index in [0.29, 0.717) is 25.5 Å². The van der Waals surface area contributed by atoms with Crippen molar-refractivity contribution in [2.75, 3.05) is 25.5 Å². The Morgan fingerprint density at radius 3 is 3.00 bits per heavy atom. The van der Waals surface area contributed by atoms with Gasteiger partial charge in [-0.25, -0.2) is 9.97 Å². The number of rotatable bonds is 3. The Labute approximate surface area is 145 Å². The number of anilines is 1. The van der Waals surface area contributed by atoms with Gasteiger partial charge in [-0.2, -0.15) is 0 Å². The molecule has 6 nitrogen and oxygen atoms in total. The van der Waals surface area contributed by atoms with E-state index in [0.717, 1.165) is 28.9 Å². The van der Waals surface area contributed by atoms with Crippen molar-refractivity contribution < 1.29 is 9.84 Å². The molecule has 2 aliphatic rings. The normalized spacial score (nSPS) is 25.1. The average Bonchev–Trinajstić information content (AvgIpc) is 2.95. The lowest BCUT2D eigenvalue weighted by Gasteiger charge is -2.36. The van der Waals surface area contributed by atoms with E-state index in [9.17, 15) is 5.11 Å². The van der Waals surface area contributed by atoms with Crippen molar-refractivity contribution in [3.63, 3.8) is 0 Å². The second-order valence-corrected chi connectivity index (χ2v) is 7.92. The van der Waals surface area contributed by atoms with Crippen LogP contribution in [0.2, 0.25) is 0 Å². The van der Waals surface area contributed by atoms with Gasteiger partial charge in [-0.1, -0.05) is 0 Å². The molecule has 0 saturated carbocycles. The van der Waals surface area contributed by atoms with Gasteiger partial charge in [-0.05, 0) is 38.2 Å². The number of nitrogen functional groups attached to an aromatic ring is 1. The lowest BCUT2D eigenvalue weighted by molar-refractivity contribution is -0.0811. The Balaban J connectivity index is 1.63. The Hall–Kier alpha value is -1.28. The topological polar surface area (TPSA) is 84.5 Å². The molecule has 3 heterocycles. The zero-order valence-electron chi connectivity index (χ0n) is 14.0. The number of nitrogens with two attached hydrogens (primary N) is 1. The number of fused-ring (bicyclic) bond motifs is 3. The number of aliphatic hydroxyl groups is 1. The molecule has 2 unspecified atom stereocenters. The van der Waals surface area contributed by atoms with Crippen LogP contribution in [0.4, 0.5) is 5.82 Å². The van der Waals surface area contributed by atoms with Gasteiger partial charge in [0, 0.05) is 17.5 Å². The predicted molar refractivity (Wildman–Crippen MR) is 95.2 cm³/mol. The summed E-state index contributed by atoms with van der Waals surface area (Å²) < 4.78 is 5.60. The minimum atomic E-state index is -0.128. The van der Waals surface area contributed by atoms with Crippen molar-refractivity contribution in [2.45, 2.75) is 51.3 Å². The smallest absolute Gasteiger partial charge is 0.146 e. The van der Waals surface area contributed by atoms with Gasteiger partial charge in [0.2, 0.25) is 0 Å². The molecule has 0 spiro atoms. The first-order valence-corrected chi connectivity index (χ1v) is 9.50. The van der Waals surface area contributed by atoms with Crippen LogP contribution in [0.1, 0.15) is 36.0 Å². The number of morpholine rings is 1. The van der Waals surface area contributed by atoms with Crippen molar-refractivity contribution >= 4 is 27.4 Å². The average molecular weight is 348 g/mol. The number of thiophene rings is 1. The Kier molecular flexibility index (Phi) is 4.42. The number of aromatic nitrogens is 2. The summed E-state index contributed by atoms with van der Waals surface area (Å²) in [6, 6.07) is 0.282. The van der Waals surface area contributed by atoms with Crippen molar-refractivity contribution in [3.8, 4) is 0 Å². The molecular weight excluding hydrogens is 324 g/mol.